The largest absolute Gasteiger partial charge is 0.497 e. The zero-order chi connectivity index (χ0) is 15.2. The molecule has 0 atom stereocenters. The number of methoxy groups -OCH3 is 2. The minimum Gasteiger partial charge on any atom is -0.497 e. The van der Waals surface area contributed by atoms with Crippen molar-refractivity contribution in [3.63, 3.8) is 0 Å². The Bertz CT molecular complexity index is 618. The van der Waals surface area contributed by atoms with Crippen LogP contribution in [0.4, 0.5) is 5.69 Å². The molecule has 2 aromatic carbocycles. The Labute approximate surface area is 123 Å². The summed E-state index contributed by atoms with van der Waals surface area (Å²) in [6.45, 7) is 2.23. The predicted octanol–water partition coefficient (Wildman–Crippen LogP) is 3.99. The van der Waals surface area contributed by atoms with Crippen LogP contribution in [0.3, 0.4) is 0 Å². The highest BCUT2D eigenvalue weighted by Gasteiger charge is 2.04. The number of aryl methyl sites for hydroxylation is 1. The van der Waals surface area contributed by atoms with Crippen molar-refractivity contribution in [1.29, 1.82) is 0 Å². The van der Waals surface area contributed by atoms with Crippen LogP contribution in [0.1, 0.15) is 11.1 Å². The zero-order valence-electron chi connectivity index (χ0n) is 12.3. The lowest BCUT2D eigenvalue weighted by molar-refractivity contribution is 0.303. The van der Waals surface area contributed by atoms with Gasteiger partial charge in [-0.15, -0.1) is 4.91 Å². The highest BCUT2D eigenvalue weighted by Crippen LogP contribution is 2.26. The monoisotopic (exact) mass is 287 g/mol. The fourth-order valence-electron chi connectivity index (χ4n) is 1.98. The lowest BCUT2D eigenvalue weighted by atomic mass is 10.2. The second-order valence-corrected chi connectivity index (χ2v) is 4.61. The van der Waals surface area contributed by atoms with Gasteiger partial charge in [-0.05, 0) is 47.5 Å². The second-order valence-electron chi connectivity index (χ2n) is 4.61. The van der Waals surface area contributed by atoms with Gasteiger partial charge in [0.2, 0.25) is 0 Å². The van der Waals surface area contributed by atoms with E-state index in [1.165, 1.54) is 0 Å². The van der Waals surface area contributed by atoms with Crippen LogP contribution >= 0.6 is 0 Å². The van der Waals surface area contributed by atoms with Crippen LogP contribution in [0.2, 0.25) is 0 Å². The average Bonchev–Trinajstić information content (AvgIpc) is 2.51. The van der Waals surface area contributed by atoms with E-state index in [0.29, 0.717) is 29.5 Å². The number of hydrogen-bond acceptors (Lipinski definition) is 5. The first kappa shape index (κ1) is 14.8. The van der Waals surface area contributed by atoms with Crippen molar-refractivity contribution in [3.8, 4) is 17.2 Å². The molecule has 0 N–H and O–H groups in total. The molecule has 2 rings (SSSR count). The van der Waals surface area contributed by atoms with Gasteiger partial charge in [0.1, 0.15) is 29.5 Å². The summed E-state index contributed by atoms with van der Waals surface area (Å²) in [5.41, 5.74) is 2.19. The average molecular weight is 287 g/mol. The summed E-state index contributed by atoms with van der Waals surface area (Å²) in [5.74, 6) is 2.01. The van der Waals surface area contributed by atoms with Crippen molar-refractivity contribution in [3.05, 3.63) is 52.4 Å². The molecule has 0 unspecified atom stereocenters. The van der Waals surface area contributed by atoms with Crippen molar-refractivity contribution in [1.82, 2.24) is 0 Å². The first-order chi connectivity index (χ1) is 10.1. The highest BCUT2D eigenvalue weighted by molar-refractivity contribution is 5.46. The van der Waals surface area contributed by atoms with Crippen LogP contribution in [0.5, 0.6) is 17.2 Å². The standard InChI is InChI=1S/C16H17NO4/c1-11-4-13(17-18)8-16(5-11)21-10-12-6-14(19-2)9-15(7-12)20-3/h4-9H,10H2,1-3H3. The number of benzene rings is 2. The molecule has 0 amide bonds. The van der Waals surface area contributed by atoms with E-state index in [0.717, 1.165) is 11.1 Å². The molecular formula is C16H17NO4. The van der Waals surface area contributed by atoms with Crippen LogP contribution in [0.25, 0.3) is 0 Å². The maximum Gasteiger partial charge on any atom is 0.122 e. The van der Waals surface area contributed by atoms with Gasteiger partial charge in [0.25, 0.3) is 0 Å². The molecule has 0 fully saturated rings. The van der Waals surface area contributed by atoms with E-state index < -0.39 is 0 Å². The lowest BCUT2D eigenvalue weighted by Crippen LogP contribution is -1.97. The SMILES string of the molecule is COc1cc(COc2cc(C)cc(N=O)c2)cc(OC)c1. The Balaban J connectivity index is 2.15. The van der Waals surface area contributed by atoms with Crippen LogP contribution < -0.4 is 14.2 Å². The Morgan fingerprint density at radius 3 is 2.14 bits per heavy atom. The van der Waals surface area contributed by atoms with E-state index in [4.69, 9.17) is 14.2 Å². The molecule has 0 spiro atoms. The summed E-state index contributed by atoms with van der Waals surface area (Å²) in [6.07, 6.45) is 0. The number of ether oxygens (including phenoxy) is 3. The van der Waals surface area contributed by atoms with Gasteiger partial charge in [0.15, 0.2) is 0 Å². The summed E-state index contributed by atoms with van der Waals surface area (Å²) in [4.78, 5) is 10.6. The van der Waals surface area contributed by atoms with Crippen LogP contribution in [-0.4, -0.2) is 14.2 Å². The molecule has 0 aromatic heterocycles. The van der Waals surface area contributed by atoms with Crippen molar-refractivity contribution in [2.24, 2.45) is 5.18 Å². The Hall–Kier alpha value is -2.56. The van der Waals surface area contributed by atoms with Gasteiger partial charge < -0.3 is 14.2 Å². The molecule has 110 valence electrons. The van der Waals surface area contributed by atoms with Crippen molar-refractivity contribution >= 4 is 5.69 Å². The van der Waals surface area contributed by atoms with Gasteiger partial charge in [-0.25, -0.2) is 0 Å². The molecule has 0 bridgehead atoms. The quantitative estimate of drug-likeness (QED) is 0.754. The Morgan fingerprint density at radius 1 is 0.905 bits per heavy atom. The molecule has 0 aliphatic rings. The van der Waals surface area contributed by atoms with E-state index >= 15 is 0 Å². The molecule has 0 radical (unpaired) electrons. The fourth-order valence-corrected chi connectivity index (χ4v) is 1.98. The number of nitrogens with zero attached hydrogens (tertiary/aromatic N) is 1. The highest BCUT2D eigenvalue weighted by atomic mass is 16.5. The van der Waals surface area contributed by atoms with Crippen molar-refractivity contribution in [2.45, 2.75) is 13.5 Å². The molecular weight excluding hydrogens is 270 g/mol. The van der Waals surface area contributed by atoms with E-state index in [1.54, 1.807) is 32.4 Å². The maximum atomic E-state index is 10.6. The lowest BCUT2D eigenvalue weighted by Gasteiger charge is -2.10. The van der Waals surface area contributed by atoms with Gasteiger partial charge in [0, 0.05) is 12.1 Å². The number of rotatable bonds is 6. The third-order valence-electron chi connectivity index (χ3n) is 2.96. The first-order valence-electron chi connectivity index (χ1n) is 6.44. The van der Waals surface area contributed by atoms with Gasteiger partial charge in [0.05, 0.1) is 14.2 Å². The minimum absolute atomic E-state index is 0.343. The summed E-state index contributed by atoms with van der Waals surface area (Å²) in [7, 11) is 3.20. The third-order valence-corrected chi connectivity index (χ3v) is 2.96. The third kappa shape index (κ3) is 3.95. The van der Waals surface area contributed by atoms with Gasteiger partial charge in [-0.2, -0.15) is 0 Å². The summed E-state index contributed by atoms with van der Waals surface area (Å²) >= 11 is 0. The van der Waals surface area contributed by atoms with Gasteiger partial charge in [-0.1, -0.05) is 0 Å². The molecule has 0 heterocycles. The normalized spacial score (nSPS) is 10.0. The van der Waals surface area contributed by atoms with Crippen LogP contribution in [0.15, 0.2) is 41.6 Å². The van der Waals surface area contributed by atoms with Gasteiger partial charge in [-0.3, -0.25) is 0 Å². The molecule has 0 saturated heterocycles. The van der Waals surface area contributed by atoms with Crippen LogP contribution in [-0.2, 0) is 6.61 Å². The van der Waals surface area contributed by atoms with E-state index in [9.17, 15) is 4.91 Å². The molecule has 5 nitrogen and oxygen atoms in total. The van der Waals surface area contributed by atoms with Crippen molar-refractivity contribution < 1.29 is 14.2 Å². The first-order valence-corrected chi connectivity index (χ1v) is 6.44. The molecule has 0 aliphatic heterocycles. The van der Waals surface area contributed by atoms with E-state index in [1.807, 2.05) is 25.1 Å². The molecule has 0 aliphatic carbocycles. The summed E-state index contributed by atoms with van der Waals surface area (Å²) in [5, 5.41) is 2.93. The molecule has 0 saturated carbocycles. The second kappa shape index (κ2) is 6.74. The van der Waals surface area contributed by atoms with Crippen LogP contribution in [0, 0.1) is 11.8 Å². The molecule has 2 aromatic rings. The predicted molar refractivity (Wildman–Crippen MR) is 80.5 cm³/mol. The zero-order valence-corrected chi connectivity index (χ0v) is 12.3. The molecule has 5 heteroatoms. The van der Waals surface area contributed by atoms with E-state index in [-0.39, 0.29) is 0 Å². The van der Waals surface area contributed by atoms with Gasteiger partial charge >= 0.3 is 0 Å². The van der Waals surface area contributed by atoms with E-state index in [2.05, 4.69) is 5.18 Å². The molecule has 21 heavy (non-hydrogen) atoms. The Kier molecular flexibility index (Phi) is 4.77. The maximum absolute atomic E-state index is 10.6. The summed E-state index contributed by atoms with van der Waals surface area (Å²) in [6, 6.07) is 10.7. The topological polar surface area (TPSA) is 57.1 Å². The summed E-state index contributed by atoms with van der Waals surface area (Å²) < 4.78 is 16.1. The van der Waals surface area contributed by atoms with Crippen molar-refractivity contribution in [2.75, 3.05) is 14.2 Å². The minimum atomic E-state index is 0.343. The smallest absolute Gasteiger partial charge is 0.122 e. The number of nitroso groups, excluding NO2 is 1. The Morgan fingerprint density at radius 2 is 1.57 bits per heavy atom. The fraction of sp³-hybridized carbons (Fsp3) is 0.250. The number of hydrogen-bond donors (Lipinski definition) is 0.